The third kappa shape index (κ3) is 56.1. The number of carbonyl (C=O) groups excluding carboxylic acids is 1. The van der Waals surface area contributed by atoms with E-state index >= 15 is 0 Å². The van der Waals surface area contributed by atoms with E-state index in [1.807, 2.05) is 6.08 Å². The molecule has 0 aromatic rings. The van der Waals surface area contributed by atoms with Crippen LogP contribution in [0.2, 0.25) is 0 Å². The summed E-state index contributed by atoms with van der Waals surface area (Å²) in [4.78, 5) is 12.5. The molecule has 0 spiro atoms. The number of aliphatic hydroxyl groups excluding tert-OH is 2. The number of nitrogens with one attached hydrogen (secondary N) is 1. The summed E-state index contributed by atoms with van der Waals surface area (Å²) in [7, 11) is 0. The Morgan fingerprint density at radius 2 is 0.638 bits per heavy atom. The van der Waals surface area contributed by atoms with Gasteiger partial charge in [0.2, 0.25) is 5.91 Å². The molecule has 0 rings (SSSR count). The Balaban J connectivity index is 3.56. The zero-order chi connectivity index (χ0) is 49.9. The molecule has 0 saturated carbocycles. The Kier molecular flexibility index (Phi) is 57.3. The van der Waals surface area contributed by atoms with Gasteiger partial charge in [-0.2, -0.15) is 0 Å². The molecule has 4 nitrogen and oxygen atoms in total. The van der Waals surface area contributed by atoms with Gasteiger partial charge in [0.1, 0.15) is 0 Å². The van der Waals surface area contributed by atoms with Crippen molar-refractivity contribution in [3.05, 3.63) is 97.2 Å². The number of amides is 1. The molecule has 3 N–H and O–H groups in total. The van der Waals surface area contributed by atoms with Gasteiger partial charge in [-0.25, -0.2) is 0 Å². The number of rotatable bonds is 54. The molecule has 0 aliphatic heterocycles. The first kappa shape index (κ1) is 66.3. The molecule has 0 aromatic carbocycles. The van der Waals surface area contributed by atoms with E-state index in [2.05, 4.69) is 104 Å². The summed E-state index contributed by atoms with van der Waals surface area (Å²) in [6.45, 7) is 4.21. The zero-order valence-electron chi connectivity index (χ0n) is 45.8. The van der Waals surface area contributed by atoms with Gasteiger partial charge < -0.3 is 15.5 Å². The lowest BCUT2D eigenvalue weighted by molar-refractivity contribution is -0.123. The Bertz CT molecular complexity index is 1270. The van der Waals surface area contributed by atoms with E-state index in [1.165, 1.54) is 186 Å². The number of aliphatic hydroxyl groups is 2. The number of hydrogen-bond donors (Lipinski definition) is 3. The van der Waals surface area contributed by atoms with E-state index in [0.717, 1.165) is 83.5 Å². The number of carbonyl (C=O) groups is 1. The molecule has 0 aromatic heterocycles. The van der Waals surface area contributed by atoms with Crippen LogP contribution in [-0.2, 0) is 4.79 Å². The van der Waals surface area contributed by atoms with E-state index < -0.39 is 12.1 Å². The van der Waals surface area contributed by atoms with Crippen molar-refractivity contribution in [2.45, 2.75) is 302 Å². The topological polar surface area (TPSA) is 69.6 Å². The molecule has 0 saturated heterocycles. The maximum atomic E-state index is 12.5. The normalized spacial score (nSPS) is 13.5. The minimum absolute atomic E-state index is 0.0762. The molecule has 398 valence electrons. The standard InChI is InChI=1S/C65H115NO3/c1-3-5-7-9-11-13-15-17-19-21-23-25-27-29-31-33-35-37-39-41-43-45-47-49-51-53-55-57-59-61-65(69)66-63(62-67)64(68)60-58-56-54-52-50-48-46-44-42-40-38-36-34-32-30-28-26-24-22-20-18-16-14-12-10-8-6-4-2/h5,7,11,13,17,19,23,25,29,31,35,37,41,43,58,60,63-64,67-68H,3-4,6,8-10,12,14-16,18,20-22,24,26-28,30,32-34,36,38-40,42,44-57,59,61-62H2,1-2H3,(H,66,69)/b7-5-,13-11-,19-17-,25-23-,31-29-,37-35-,43-41-,60-58+. The highest BCUT2D eigenvalue weighted by Gasteiger charge is 2.18. The van der Waals surface area contributed by atoms with Crippen molar-refractivity contribution in [1.82, 2.24) is 5.32 Å². The lowest BCUT2D eigenvalue weighted by atomic mass is 10.0. The maximum absolute atomic E-state index is 12.5. The van der Waals surface area contributed by atoms with Gasteiger partial charge in [-0.15, -0.1) is 0 Å². The monoisotopic (exact) mass is 958 g/mol. The lowest BCUT2D eigenvalue weighted by Gasteiger charge is -2.20. The van der Waals surface area contributed by atoms with Crippen LogP contribution in [0.25, 0.3) is 0 Å². The molecule has 2 atom stereocenters. The fraction of sp³-hybridized carbons (Fsp3) is 0.738. The zero-order valence-corrected chi connectivity index (χ0v) is 45.8. The summed E-state index contributed by atoms with van der Waals surface area (Å²) < 4.78 is 0. The summed E-state index contributed by atoms with van der Waals surface area (Å²) in [5.74, 6) is -0.0762. The van der Waals surface area contributed by atoms with Crippen LogP contribution < -0.4 is 5.32 Å². The van der Waals surface area contributed by atoms with Crippen molar-refractivity contribution >= 4 is 5.91 Å². The third-order valence-electron chi connectivity index (χ3n) is 13.3. The van der Waals surface area contributed by atoms with Crippen molar-refractivity contribution in [3.8, 4) is 0 Å². The predicted molar refractivity (Wildman–Crippen MR) is 308 cm³/mol. The van der Waals surface area contributed by atoms with Crippen molar-refractivity contribution in [2.24, 2.45) is 0 Å². The Labute approximate surface area is 430 Å². The second-order valence-corrected chi connectivity index (χ2v) is 20.0. The summed E-state index contributed by atoms with van der Waals surface area (Å²) in [6, 6.07) is -0.637. The molecule has 0 bridgehead atoms. The van der Waals surface area contributed by atoms with Crippen LogP contribution in [0.15, 0.2) is 97.2 Å². The minimum atomic E-state index is -0.852. The van der Waals surface area contributed by atoms with Crippen molar-refractivity contribution in [1.29, 1.82) is 0 Å². The number of unbranched alkanes of at least 4 members (excludes halogenated alkanes) is 33. The quantitative estimate of drug-likeness (QED) is 0.0420. The highest BCUT2D eigenvalue weighted by molar-refractivity contribution is 5.76. The molecule has 2 unspecified atom stereocenters. The van der Waals surface area contributed by atoms with Gasteiger partial charge >= 0.3 is 0 Å². The van der Waals surface area contributed by atoms with E-state index in [9.17, 15) is 15.0 Å². The molecule has 1 amide bonds. The van der Waals surface area contributed by atoms with E-state index in [-0.39, 0.29) is 12.5 Å². The van der Waals surface area contributed by atoms with Gasteiger partial charge in [0.05, 0.1) is 18.8 Å². The molecule has 0 fully saturated rings. The van der Waals surface area contributed by atoms with Crippen LogP contribution in [0.5, 0.6) is 0 Å². The Morgan fingerprint density at radius 1 is 0.362 bits per heavy atom. The fourth-order valence-corrected chi connectivity index (χ4v) is 8.81. The largest absolute Gasteiger partial charge is 0.394 e. The molecular weight excluding hydrogens is 843 g/mol. The van der Waals surface area contributed by atoms with Crippen LogP contribution in [0.3, 0.4) is 0 Å². The summed E-state index contributed by atoms with van der Waals surface area (Å²) in [5, 5.41) is 23.2. The van der Waals surface area contributed by atoms with Gasteiger partial charge in [-0.1, -0.05) is 304 Å². The van der Waals surface area contributed by atoms with Gasteiger partial charge in [-0.3, -0.25) is 4.79 Å². The molecule has 69 heavy (non-hydrogen) atoms. The van der Waals surface area contributed by atoms with E-state index in [4.69, 9.17) is 0 Å². The maximum Gasteiger partial charge on any atom is 0.220 e. The van der Waals surface area contributed by atoms with Crippen LogP contribution in [-0.4, -0.2) is 34.9 Å². The molecule has 0 radical (unpaired) electrons. The highest BCUT2D eigenvalue weighted by atomic mass is 16.3. The van der Waals surface area contributed by atoms with Gasteiger partial charge in [-0.05, 0) is 77.0 Å². The van der Waals surface area contributed by atoms with Crippen LogP contribution in [0.4, 0.5) is 0 Å². The first-order valence-electron chi connectivity index (χ1n) is 30.0. The van der Waals surface area contributed by atoms with Crippen LogP contribution in [0.1, 0.15) is 290 Å². The van der Waals surface area contributed by atoms with Gasteiger partial charge in [0.25, 0.3) is 0 Å². The van der Waals surface area contributed by atoms with E-state index in [0.29, 0.717) is 6.42 Å². The SMILES string of the molecule is CC/C=C\C/C=C\C/C=C\C/C=C\C/C=C\C/C=C\C/C=C\CCCCCCCCCC(=O)NC(CO)C(O)/C=C/CCCCCCCCCCCCCCCCCCCCCCCCCCCC. The molecule has 0 aliphatic carbocycles. The van der Waals surface area contributed by atoms with Gasteiger partial charge in [0.15, 0.2) is 0 Å². The minimum Gasteiger partial charge on any atom is -0.394 e. The first-order chi connectivity index (χ1) is 34.2. The second kappa shape index (κ2) is 59.6. The van der Waals surface area contributed by atoms with E-state index in [1.54, 1.807) is 6.08 Å². The van der Waals surface area contributed by atoms with Crippen LogP contribution >= 0.6 is 0 Å². The molecule has 0 heterocycles. The van der Waals surface area contributed by atoms with Crippen LogP contribution in [0, 0.1) is 0 Å². The Morgan fingerprint density at radius 3 is 0.957 bits per heavy atom. The molecular formula is C65H115NO3. The summed E-state index contributed by atoms with van der Waals surface area (Å²) in [5.41, 5.74) is 0. The smallest absolute Gasteiger partial charge is 0.220 e. The second-order valence-electron chi connectivity index (χ2n) is 20.0. The van der Waals surface area contributed by atoms with Crippen molar-refractivity contribution in [3.63, 3.8) is 0 Å². The number of allylic oxidation sites excluding steroid dienone is 15. The van der Waals surface area contributed by atoms with Crippen molar-refractivity contribution in [2.75, 3.05) is 6.61 Å². The first-order valence-corrected chi connectivity index (χ1v) is 30.0. The average molecular weight is 959 g/mol. The summed E-state index contributed by atoms with van der Waals surface area (Å²) >= 11 is 0. The summed E-state index contributed by atoms with van der Waals surface area (Å²) in [6.07, 6.45) is 88.6. The van der Waals surface area contributed by atoms with Gasteiger partial charge in [0, 0.05) is 6.42 Å². The lowest BCUT2D eigenvalue weighted by Crippen LogP contribution is -2.45. The number of hydrogen-bond acceptors (Lipinski definition) is 3. The average Bonchev–Trinajstić information content (AvgIpc) is 3.35. The molecule has 4 heteroatoms. The highest BCUT2D eigenvalue weighted by Crippen LogP contribution is 2.17. The molecule has 0 aliphatic rings. The fourth-order valence-electron chi connectivity index (χ4n) is 8.81. The third-order valence-corrected chi connectivity index (χ3v) is 13.3. The van der Waals surface area contributed by atoms with Crippen molar-refractivity contribution < 1.29 is 15.0 Å². The predicted octanol–water partition coefficient (Wildman–Crippen LogP) is 20.1. The Hall–Kier alpha value is -2.69.